The number of hydrogen-bond acceptors (Lipinski definition) is 4. The van der Waals surface area contributed by atoms with E-state index < -0.39 is 10.0 Å². The third kappa shape index (κ3) is 3.28. The zero-order valence-electron chi connectivity index (χ0n) is 10.3. The summed E-state index contributed by atoms with van der Waals surface area (Å²) in [5.74, 6) is 0.00648. The van der Waals surface area contributed by atoms with Gasteiger partial charge in [0.05, 0.1) is 4.90 Å². The number of rotatable bonds is 4. The van der Waals surface area contributed by atoms with Crippen molar-refractivity contribution in [3.8, 4) is 0 Å². The van der Waals surface area contributed by atoms with Crippen LogP contribution in [-0.4, -0.2) is 26.2 Å². The average Bonchev–Trinajstić information content (AvgIpc) is 2.79. The summed E-state index contributed by atoms with van der Waals surface area (Å²) in [6, 6.07) is 4.33. The molecule has 4 N–H and O–H groups in total. The fourth-order valence-electron chi connectivity index (χ4n) is 2.35. The van der Waals surface area contributed by atoms with Gasteiger partial charge in [-0.25, -0.2) is 13.1 Å². The van der Waals surface area contributed by atoms with Gasteiger partial charge in [0.25, 0.3) is 0 Å². The fraction of sp³-hybridized carbons (Fsp3) is 0.500. The Balaban J connectivity index is 2.20. The molecule has 0 radical (unpaired) electrons. The van der Waals surface area contributed by atoms with E-state index in [1.807, 2.05) is 0 Å². The van der Waals surface area contributed by atoms with E-state index in [0.717, 1.165) is 19.3 Å². The van der Waals surface area contributed by atoms with Gasteiger partial charge in [0, 0.05) is 22.8 Å². The summed E-state index contributed by atoms with van der Waals surface area (Å²) in [5.41, 5.74) is 6.14. The van der Waals surface area contributed by atoms with Gasteiger partial charge < -0.3 is 10.8 Å². The van der Waals surface area contributed by atoms with Crippen molar-refractivity contribution in [3.05, 3.63) is 22.7 Å². The maximum atomic E-state index is 12.3. The Morgan fingerprint density at radius 1 is 1.42 bits per heavy atom. The molecule has 19 heavy (non-hydrogen) atoms. The Hall–Kier alpha value is -0.630. The van der Waals surface area contributed by atoms with Gasteiger partial charge in [0.2, 0.25) is 10.0 Å². The summed E-state index contributed by atoms with van der Waals surface area (Å²) in [6.45, 7) is 0.0125. The second-order valence-electron chi connectivity index (χ2n) is 4.78. The molecule has 7 heteroatoms. The molecular weight excluding hydrogens is 332 g/mol. The molecule has 2 unspecified atom stereocenters. The molecule has 5 nitrogen and oxygen atoms in total. The first kappa shape index (κ1) is 14.8. The van der Waals surface area contributed by atoms with Crippen LogP contribution in [0.2, 0.25) is 0 Å². The van der Waals surface area contributed by atoms with Gasteiger partial charge in [-0.3, -0.25) is 0 Å². The van der Waals surface area contributed by atoms with E-state index in [4.69, 9.17) is 5.73 Å². The second-order valence-corrected chi connectivity index (χ2v) is 7.35. The number of nitrogen functional groups attached to an aromatic ring is 1. The quantitative estimate of drug-likeness (QED) is 0.718. The molecule has 0 bridgehead atoms. The topological polar surface area (TPSA) is 92.4 Å². The van der Waals surface area contributed by atoms with Gasteiger partial charge in [-0.2, -0.15) is 0 Å². The first-order chi connectivity index (χ1) is 8.94. The van der Waals surface area contributed by atoms with Crippen LogP contribution in [0, 0.1) is 5.92 Å². The highest BCUT2D eigenvalue weighted by molar-refractivity contribution is 9.10. The third-order valence-corrected chi connectivity index (χ3v) is 5.66. The van der Waals surface area contributed by atoms with E-state index in [0.29, 0.717) is 10.2 Å². The number of aliphatic hydroxyl groups excluding tert-OH is 1. The van der Waals surface area contributed by atoms with Crippen molar-refractivity contribution in [2.75, 3.05) is 12.3 Å². The van der Waals surface area contributed by atoms with Gasteiger partial charge in [0.15, 0.2) is 0 Å². The van der Waals surface area contributed by atoms with Crippen molar-refractivity contribution in [2.45, 2.75) is 30.2 Å². The maximum Gasteiger partial charge on any atom is 0.240 e. The highest BCUT2D eigenvalue weighted by Crippen LogP contribution is 2.28. The first-order valence-corrected chi connectivity index (χ1v) is 8.40. The van der Waals surface area contributed by atoms with Crippen LogP contribution in [-0.2, 0) is 10.0 Å². The van der Waals surface area contributed by atoms with Crippen LogP contribution in [0.15, 0.2) is 27.6 Å². The monoisotopic (exact) mass is 348 g/mol. The van der Waals surface area contributed by atoms with E-state index in [1.165, 1.54) is 12.1 Å². The van der Waals surface area contributed by atoms with Crippen molar-refractivity contribution in [3.63, 3.8) is 0 Å². The maximum absolute atomic E-state index is 12.3. The van der Waals surface area contributed by atoms with Crippen LogP contribution in [0.25, 0.3) is 0 Å². The number of hydrogen-bond donors (Lipinski definition) is 3. The third-order valence-electron chi connectivity index (χ3n) is 3.48. The van der Waals surface area contributed by atoms with Crippen LogP contribution < -0.4 is 10.5 Å². The molecule has 0 saturated heterocycles. The predicted octanol–water partition coefficient (Wildman–Crippen LogP) is 1.47. The standard InChI is InChI=1S/C12H17BrN2O3S/c13-10-6-9(4-5-11(10)14)19(17,18)15-12-3-1-2-8(12)7-16/h4-6,8,12,15-16H,1-3,7,14H2. The second kappa shape index (κ2) is 5.78. The molecule has 0 heterocycles. The number of sulfonamides is 1. The van der Waals surface area contributed by atoms with Crippen LogP contribution >= 0.6 is 15.9 Å². The lowest BCUT2D eigenvalue weighted by atomic mass is 10.1. The van der Waals surface area contributed by atoms with E-state index in [-0.39, 0.29) is 23.5 Å². The Morgan fingerprint density at radius 2 is 2.16 bits per heavy atom. The molecule has 0 amide bonds. The van der Waals surface area contributed by atoms with Gasteiger partial charge in [0.1, 0.15) is 0 Å². The number of aliphatic hydroxyl groups is 1. The zero-order valence-corrected chi connectivity index (χ0v) is 12.7. The number of anilines is 1. The summed E-state index contributed by atoms with van der Waals surface area (Å²) >= 11 is 3.22. The summed E-state index contributed by atoms with van der Waals surface area (Å²) in [4.78, 5) is 0.178. The molecule has 0 aromatic heterocycles. The molecule has 106 valence electrons. The summed E-state index contributed by atoms with van der Waals surface area (Å²) in [5, 5.41) is 9.23. The van der Waals surface area contributed by atoms with E-state index >= 15 is 0 Å². The lowest BCUT2D eigenvalue weighted by Gasteiger charge is -2.19. The van der Waals surface area contributed by atoms with Crippen molar-refractivity contribution < 1.29 is 13.5 Å². The molecule has 1 aromatic rings. The van der Waals surface area contributed by atoms with Gasteiger partial charge in [-0.05, 0) is 52.9 Å². The van der Waals surface area contributed by atoms with Crippen molar-refractivity contribution in [1.82, 2.24) is 4.72 Å². The largest absolute Gasteiger partial charge is 0.398 e. The Morgan fingerprint density at radius 3 is 2.79 bits per heavy atom. The Labute approximate surface area is 121 Å². The van der Waals surface area contributed by atoms with E-state index in [1.54, 1.807) is 6.07 Å². The van der Waals surface area contributed by atoms with Crippen LogP contribution in [0.3, 0.4) is 0 Å². The van der Waals surface area contributed by atoms with Gasteiger partial charge >= 0.3 is 0 Å². The molecule has 1 aliphatic carbocycles. The highest BCUT2D eigenvalue weighted by Gasteiger charge is 2.30. The average molecular weight is 349 g/mol. The van der Waals surface area contributed by atoms with E-state index in [2.05, 4.69) is 20.7 Å². The van der Waals surface area contributed by atoms with Gasteiger partial charge in [-0.15, -0.1) is 0 Å². The smallest absolute Gasteiger partial charge is 0.240 e. The van der Waals surface area contributed by atoms with E-state index in [9.17, 15) is 13.5 Å². The molecule has 2 rings (SSSR count). The molecule has 1 aliphatic rings. The molecule has 1 fully saturated rings. The fourth-order valence-corrected chi connectivity index (χ4v) is 4.25. The molecule has 0 spiro atoms. The summed E-state index contributed by atoms with van der Waals surface area (Å²) < 4.78 is 27.7. The van der Waals surface area contributed by atoms with Crippen LogP contribution in [0.4, 0.5) is 5.69 Å². The van der Waals surface area contributed by atoms with Crippen molar-refractivity contribution in [2.24, 2.45) is 5.92 Å². The molecular formula is C12H17BrN2O3S. The molecule has 0 aliphatic heterocycles. The van der Waals surface area contributed by atoms with Crippen molar-refractivity contribution >= 4 is 31.6 Å². The predicted molar refractivity (Wildman–Crippen MR) is 77.1 cm³/mol. The van der Waals surface area contributed by atoms with Gasteiger partial charge in [-0.1, -0.05) is 6.42 Å². The number of nitrogens with one attached hydrogen (secondary N) is 1. The van der Waals surface area contributed by atoms with Crippen LogP contribution in [0.1, 0.15) is 19.3 Å². The number of halogens is 1. The summed E-state index contributed by atoms with van der Waals surface area (Å²) in [6.07, 6.45) is 2.56. The first-order valence-electron chi connectivity index (χ1n) is 6.12. The highest BCUT2D eigenvalue weighted by atomic mass is 79.9. The van der Waals surface area contributed by atoms with Crippen molar-refractivity contribution in [1.29, 1.82) is 0 Å². The lowest BCUT2D eigenvalue weighted by Crippen LogP contribution is -2.38. The van der Waals surface area contributed by atoms with Crippen LogP contribution in [0.5, 0.6) is 0 Å². The molecule has 1 aromatic carbocycles. The zero-order chi connectivity index (χ0) is 14.0. The number of nitrogens with two attached hydrogens (primary N) is 1. The Kier molecular flexibility index (Phi) is 4.50. The minimum absolute atomic E-state index is 0.00648. The minimum atomic E-state index is -3.57. The SMILES string of the molecule is Nc1ccc(S(=O)(=O)NC2CCCC2CO)cc1Br. The Bertz CT molecular complexity index is 562. The lowest BCUT2D eigenvalue weighted by molar-refractivity contribution is 0.213. The minimum Gasteiger partial charge on any atom is -0.398 e. The number of benzene rings is 1. The molecule has 2 atom stereocenters. The molecule has 1 saturated carbocycles. The normalized spacial score (nSPS) is 23.7. The summed E-state index contributed by atoms with van der Waals surface area (Å²) in [7, 11) is -3.57.